The molecule has 0 aliphatic carbocycles. The van der Waals surface area contributed by atoms with E-state index in [2.05, 4.69) is 55.1 Å². The van der Waals surface area contributed by atoms with E-state index in [1.54, 1.807) is 30.4 Å². The number of amides is 2. The highest BCUT2D eigenvalue weighted by atomic mass is 32.1. The van der Waals surface area contributed by atoms with Gasteiger partial charge in [-0.25, -0.2) is 4.98 Å². The zero-order chi connectivity index (χ0) is 29.5. The minimum Gasteiger partial charge on any atom is -0.496 e. The van der Waals surface area contributed by atoms with E-state index >= 15 is 0 Å². The first-order chi connectivity index (χ1) is 19.7. The maximum absolute atomic E-state index is 13.6. The van der Waals surface area contributed by atoms with Crippen LogP contribution in [0.1, 0.15) is 79.6 Å². The molecular weight excluding hydrogens is 532 g/mol. The van der Waals surface area contributed by atoms with E-state index in [1.165, 1.54) is 4.88 Å². The Bertz CT molecular complexity index is 1460. The molecule has 0 aliphatic rings. The molecule has 2 heterocycles. The Labute approximate surface area is 247 Å². The smallest absolute Gasteiger partial charge is 0.252 e. The standard InChI is InChI=1S/C33H42N4O3S/c1-7-25(8-2)37-29-16-15-23(19-27(29)34-31(37)20-26-13-11-17-41-26)32(38)35-28(18-22(3)4)33(39)36(5)21-24-12-9-10-14-30(24)40-6/h9-17,19,22,25,28H,7-8,18,20-21H2,1-6H3,(H,35,38). The lowest BCUT2D eigenvalue weighted by molar-refractivity contribution is -0.132. The van der Waals surface area contributed by atoms with Crippen LogP contribution in [0.15, 0.2) is 60.0 Å². The van der Waals surface area contributed by atoms with Crippen LogP contribution in [0.3, 0.4) is 0 Å². The third-order valence-electron chi connectivity index (χ3n) is 7.53. The van der Waals surface area contributed by atoms with Gasteiger partial charge in [0.25, 0.3) is 5.91 Å². The van der Waals surface area contributed by atoms with Crippen LogP contribution in [0.25, 0.3) is 11.0 Å². The summed E-state index contributed by atoms with van der Waals surface area (Å²) in [6, 6.07) is 17.3. The highest BCUT2D eigenvalue weighted by Crippen LogP contribution is 2.28. The Morgan fingerprint density at radius 2 is 1.83 bits per heavy atom. The van der Waals surface area contributed by atoms with Gasteiger partial charge in [-0.15, -0.1) is 11.3 Å². The van der Waals surface area contributed by atoms with Crippen LogP contribution in [0, 0.1) is 5.92 Å². The normalized spacial score (nSPS) is 12.2. The number of fused-ring (bicyclic) bond motifs is 1. The molecule has 0 aliphatic heterocycles. The van der Waals surface area contributed by atoms with Crippen LogP contribution in [0.5, 0.6) is 5.75 Å². The van der Waals surface area contributed by atoms with Crippen LogP contribution in [-0.2, 0) is 17.8 Å². The monoisotopic (exact) mass is 574 g/mol. The average molecular weight is 575 g/mol. The molecule has 1 unspecified atom stereocenters. The first-order valence-electron chi connectivity index (χ1n) is 14.5. The lowest BCUT2D eigenvalue weighted by Gasteiger charge is -2.26. The van der Waals surface area contributed by atoms with Gasteiger partial charge in [0.1, 0.15) is 17.6 Å². The second-order valence-corrected chi connectivity index (χ2v) is 12.0. The van der Waals surface area contributed by atoms with E-state index in [4.69, 9.17) is 9.72 Å². The van der Waals surface area contributed by atoms with Crippen LogP contribution in [0.4, 0.5) is 0 Å². The molecule has 0 spiro atoms. The summed E-state index contributed by atoms with van der Waals surface area (Å²) in [5.74, 6) is 1.57. The van der Waals surface area contributed by atoms with E-state index in [1.807, 2.05) is 42.5 Å². The molecule has 1 N–H and O–H groups in total. The topological polar surface area (TPSA) is 76.5 Å². The van der Waals surface area contributed by atoms with Gasteiger partial charge in [0.05, 0.1) is 18.1 Å². The van der Waals surface area contributed by atoms with Gasteiger partial charge in [-0.3, -0.25) is 9.59 Å². The quantitative estimate of drug-likeness (QED) is 0.189. The van der Waals surface area contributed by atoms with Crippen molar-refractivity contribution in [1.29, 1.82) is 0 Å². The Morgan fingerprint density at radius 1 is 1.07 bits per heavy atom. The summed E-state index contributed by atoms with van der Waals surface area (Å²) < 4.78 is 7.80. The molecule has 0 fully saturated rings. The lowest BCUT2D eigenvalue weighted by atomic mass is 10.0. The molecule has 218 valence electrons. The number of para-hydroxylation sites is 1. The minimum absolute atomic E-state index is 0.129. The van der Waals surface area contributed by atoms with Crippen LogP contribution < -0.4 is 10.1 Å². The molecule has 4 aromatic rings. The second kappa shape index (κ2) is 13.8. The third kappa shape index (κ3) is 7.17. The Morgan fingerprint density at radius 3 is 2.49 bits per heavy atom. The molecule has 8 heteroatoms. The van der Waals surface area contributed by atoms with Crippen molar-refractivity contribution in [1.82, 2.24) is 19.8 Å². The van der Waals surface area contributed by atoms with E-state index in [0.29, 0.717) is 24.6 Å². The second-order valence-electron chi connectivity index (χ2n) is 11.0. The van der Waals surface area contributed by atoms with E-state index in [0.717, 1.165) is 47.4 Å². The number of likely N-dealkylation sites (N-methyl/N-ethyl adjacent to an activating group) is 1. The van der Waals surface area contributed by atoms with Gasteiger partial charge in [-0.2, -0.15) is 0 Å². The molecule has 0 saturated carbocycles. The highest BCUT2D eigenvalue weighted by molar-refractivity contribution is 7.09. The summed E-state index contributed by atoms with van der Waals surface area (Å²) in [6.45, 7) is 8.90. The van der Waals surface area contributed by atoms with Gasteiger partial charge in [-0.1, -0.05) is 52.0 Å². The molecule has 2 amide bonds. The number of imidazole rings is 1. The van der Waals surface area contributed by atoms with Gasteiger partial charge < -0.3 is 19.5 Å². The zero-order valence-electron chi connectivity index (χ0n) is 25.0. The van der Waals surface area contributed by atoms with Gasteiger partial charge in [0, 0.05) is 42.1 Å². The van der Waals surface area contributed by atoms with Crippen molar-refractivity contribution in [2.75, 3.05) is 14.2 Å². The average Bonchev–Trinajstić information content (AvgIpc) is 3.60. The number of nitrogens with zero attached hydrogens (tertiary/aromatic N) is 3. The number of carbonyl (C=O) groups excluding carboxylic acids is 2. The minimum atomic E-state index is -0.644. The van der Waals surface area contributed by atoms with Gasteiger partial charge in [0.15, 0.2) is 0 Å². The van der Waals surface area contributed by atoms with E-state index in [9.17, 15) is 9.59 Å². The summed E-state index contributed by atoms with van der Waals surface area (Å²) in [5, 5.41) is 5.12. The molecule has 2 aromatic heterocycles. The number of aromatic nitrogens is 2. The summed E-state index contributed by atoms with van der Waals surface area (Å²) >= 11 is 1.73. The third-order valence-corrected chi connectivity index (χ3v) is 8.41. The highest BCUT2D eigenvalue weighted by Gasteiger charge is 2.27. The number of hydrogen-bond acceptors (Lipinski definition) is 5. The molecule has 0 saturated heterocycles. The number of hydrogen-bond donors (Lipinski definition) is 1. The zero-order valence-corrected chi connectivity index (χ0v) is 25.8. The largest absolute Gasteiger partial charge is 0.496 e. The molecule has 0 bridgehead atoms. The van der Waals surface area contributed by atoms with Crippen LogP contribution in [-0.4, -0.2) is 46.5 Å². The number of rotatable bonds is 13. The van der Waals surface area contributed by atoms with Crippen LogP contribution >= 0.6 is 11.3 Å². The Kier molecular flexibility index (Phi) is 10.2. The maximum atomic E-state index is 13.6. The number of carbonyl (C=O) groups is 2. The van der Waals surface area contributed by atoms with Crippen molar-refractivity contribution < 1.29 is 14.3 Å². The Balaban J connectivity index is 1.58. The van der Waals surface area contributed by atoms with Crippen molar-refractivity contribution in [3.63, 3.8) is 0 Å². The van der Waals surface area contributed by atoms with E-state index in [-0.39, 0.29) is 17.7 Å². The first kappa shape index (κ1) is 30.3. The summed E-state index contributed by atoms with van der Waals surface area (Å²) in [6.07, 6.45) is 3.30. The first-order valence-corrected chi connectivity index (χ1v) is 15.3. The van der Waals surface area contributed by atoms with Gasteiger partial charge in [-0.05, 0) is 60.9 Å². The maximum Gasteiger partial charge on any atom is 0.252 e. The number of methoxy groups -OCH3 is 1. The predicted octanol–water partition coefficient (Wildman–Crippen LogP) is 6.86. The van der Waals surface area contributed by atoms with E-state index < -0.39 is 6.04 Å². The molecule has 41 heavy (non-hydrogen) atoms. The SMILES string of the molecule is CCC(CC)n1c(Cc2cccs2)nc2cc(C(=O)NC(CC(C)C)C(=O)N(C)Cc3ccccc3OC)ccc21. The number of thiophene rings is 1. The summed E-state index contributed by atoms with van der Waals surface area (Å²) in [4.78, 5) is 35.0. The van der Waals surface area contributed by atoms with Crippen molar-refractivity contribution >= 4 is 34.2 Å². The Hall–Kier alpha value is -3.65. The molecule has 1 atom stereocenters. The number of benzene rings is 2. The predicted molar refractivity (Wildman–Crippen MR) is 167 cm³/mol. The van der Waals surface area contributed by atoms with Gasteiger partial charge in [0.2, 0.25) is 5.91 Å². The number of nitrogens with one attached hydrogen (secondary N) is 1. The van der Waals surface area contributed by atoms with Gasteiger partial charge >= 0.3 is 0 Å². The molecule has 0 radical (unpaired) electrons. The van der Waals surface area contributed by atoms with Crippen molar-refractivity contribution in [2.24, 2.45) is 5.92 Å². The van der Waals surface area contributed by atoms with Crippen molar-refractivity contribution in [3.05, 3.63) is 81.8 Å². The fourth-order valence-electron chi connectivity index (χ4n) is 5.41. The van der Waals surface area contributed by atoms with Crippen molar-refractivity contribution in [2.45, 2.75) is 72.0 Å². The number of ether oxygens (including phenoxy) is 1. The molecule has 7 nitrogen and oxygen atoms in total. The van der Waals surface area contributed by atoms with Crippen molar-refractivity contribution in [3.8, 4) is 5.75 Å². The summed E-state index contributed by atoms with van der Waals surface area (Å²) in [7, 11) is 3.39. The fraction of sp³-hybridized carbons (Fsp3) is 0.424. The lowest BCUT2D eigenvalue weighted by Crippen LogP contribution is -2.47. The van der Waals surface area contributed by atoms with Crippen LogP contribution in [0.2, 0.25) is 0 Å². The fourth-order valence-corrected chi connectivity index (χ4v) is 6.11. The molecule has 4 rings (SSSR count). The molecule has 2 aromatic carbocycles. The molecular formula is C33H42N4O3S. The summed E-state index contributed by atoms with van der Waals surface area (Å²) in [5.41, 5.74) is 3.25.